The summed E-state index contributed by atoms with van der Waals surface area (Å²) in [5.74, 6) is -2.14. The van der Waals surface area contributed by atoms with Crippen LogP contribution >= 0.6 is 11.3 Å². The number of benzene rings is 1. The van der Waals surface area contributed by atoms with Crippen molar-refractivity contribution in [1.82, 2.24) is 0 Å². The molecule has 0 spiro atoms. The number of thiophene rings is 1. The van der Waals surface area contributed by atoms with Crippen molar-refractivity contribution in [2.75, 3.05) is 0 Å². The van der Waals surface area contributed by atoms with Gasteiger partial charge in [-0.05, 0) is 17.5 Å². The first-order chi connectivity index (χ1) is 7.22. The van der Waals surface area contributed by atoms with Crippen molar-refractivity contribution in [3.63, 3.8) is 0 Å². The van der Waals surface area contributed by atoms with Gasteiger partial charge in [0.2, 0.25) is 0 Å². The molecule has 0 radical (unpaired) electrons. The second-order valence-electron chi connectivity index (χ2n) is 3.14. The normalized spacial score (nSPS) is 12.5. The van der Waals surface area contributed by atoms with Gasteiger partial charge in [-0.1, -0.05) is 18.2 Å². The predicted octanol–water partition coefficient (Wildman–Crippen LogP) is 2.27. The van der Waals surface area contributed by atoms with Crippen LogP contribution in [0.25, 0.3) is 10.1 Å². The summed E-state index contributed by atoms with van der Waals surface area (Å²) in [5.41, 5.74) is 0. The number of carbonyl (C=O) groups is 2. The molecule has 0 fully saturated rings. The molecule has 0 saturated carbocycles. The van der Waals surface area contributed by atoms with E-state index in [1.165, 1.54) is 11.3 Å². The summed E-state index contributed by atoms with van der Waals surface area (Å²) >= 11 is 1.35. The average Bonchev–Trinajstić information content (AvgIpc) is 2.61. The van der Waals surface area contributed by atoms with Crippen molar-refractivity contribution >= 4 is 33.7 Å². The molecular formula is C11H8O3S. The molecule has 1 heterocycles. The van der Waals surface area contributed by atoms with Crippen molar-refractivity contribution < 1.29 is 14.7 Å². The molecule has 2 aromatic rings. The molecule has 1 aromatic heterocycles. The van der Waals surface area contributed by atoms with Crippen molar-refractivity contribution in [1.29, 1.82) is 0 Å². The van der Waals surface area contributed by atoms with Crippen molar-refractivity contribution in [3.05, 3.63) is 35.2 Å². The minimum absolute atomic E-state index is 0.465. The van der Waals surface area contributed by atoms with E-state index in [9.17, 15) is 9.59 Å². The third kappa shape index (κ3) is 1.76. The molecule has 76 valence electrons. The van der Waals surface area contributed by atoms with Gasteiger partial charge in [-0.25, -0.2) is 0 Å². The van der Waals surface area contributed by atoms with Gasteiger partial charge in [-0.15, -0.1) is 11.3 Å². The molecule has 15 heavy (non-hydrogen) atoms. The number of carbonyl (C=O) groups excluding carboxylic acids is 1. The third-order valence-electron chi connectivity index (χ3n) is 2.15. The smallest absolute Gasteiger partial charge is 0.319 e. The highest BCUT2D eigenvalue weighted by Crippen LogP contribution is 2.30. The fourth-order valence-electron chi connectivity index (χ4n) is 1.40. The zero-order valence-corrected chi connectivity index (χ0v) is 8.53. The zero-order chi connectivity index (χ0) is 10.8. The number of aldehydes is 1. The topological polar surface area (TPSA) is 54.4 Å². The highest BCUT2D eigenvalue weighted by molar-refractivity contribution is 7.19. The molecule has 1 atom stereocenters. The van der Waals surface area contributed by atoms with Crippen molar-refractivity contribution in [3.8, 4) is 0 Å². The van der Waals surface area contributed by atoms with E-state index in [2.05, 4.69) is 0 Å². The summed E-state index contributed by atoms with van der Waals surface area (Å²) in [7, 11) is 0. The maximum absolute atomic E-state index is 10.8. The molecule has 4 heteroatoms. The molecule has 2 rings (SSSR count). The molecule has 0 aliphatic rings. The molecule has 0 bridgehead atoms. The lowest BCUT2D eigenvalue weighted by atomic mass is 10.1. The molecule has 1 unspecified atom stereocenters. The standard InChI is InChI=1S/C11H8O3S/c12-6-8(11(13)14)10-5-7-3-1-2-4-9(7)15-10/h1-6,8H,(H,13,14). The van der Waals surface area contributed by atoms with Crippen molar-refractivity contribution in [2.45, 2.75) is 5.92 Å². The second kappa shape index (κ2) is 3.82. The molecule has 1 N–H and O–H groups in total. The van der Waals surface area contributed by atoms with Gasteiger partial charge in [0.25, 0.3) is 0 Å². The highest BCUT2D eigenvalue weighted by atomic mass is 32.1. The summed E-state index contributed by atoms with van der Waals surface area (Å²) in [6.45, 7) is 0. The van der Waals surface area contributed by atoms with E-state index in [4.69, 9.17) is 5.11 Å². The van der Waals surface area contributed by atoms with Gasteiger partial charge in [-0.2, -0.15) is 0 Å². The number of fused-ring (bicyclic) bond motifs is 1. The Morgan fingerprint density at radius 2 is 2.13 bits per heavy atom. The number of carboxylic acid groups (broad SMARTS) is 1. The van der Waals surface area contributed by atoms with Crippen LogP contribution in [-0.2, 0) is 9.59 Å². The maximum atomic E-state index is 10.8. The lowest BCUT2D eigenvalue weighted by molar-refractivity contribution is -0.140. The average molecular weight is 220 g/mol. The predicted molar refractivity (Wildman–Crippen MR) is 58.3 cm³/mol. The first kappa shape index (κ1) is 9.86. The second-order valence-corrected chi connectivity index (χ2v) is 4.25. The fourth-order valence-corrected chi connectivity index (χ4v) is 2.52. The van der Waals surface area contributed by atoms with Crippen LogP contribution in [0.2, 0.25) is 0 Å². The largest absolute Gasteiger partial charge is 0.480 e. The number of rotatable bonds is 3. The third-order valence-corrected chi connectivity index (χ3v) is 3.35. The maximum Gasteiger partial charge on any atom is 0.319 e. The van der Waals surface area contributed by atoms with Crippen LogP contribution in [0.1, 0.15) is 10.8 Å². The van der Waals surface area contributed by atoms with E-state index in [0.29, 0.717) is 11.2 Å². The Kier molecular flexibility index (Phi) is 2.51. The zero-order valence-electron chi connectivity index (χ0n) is 7.71. The summed E-state index contributed by atoms with van der Waals surface area (Å²) < 4.78 is 1.00. The molecule has 0 amide bonds. The summed E-state index contributed by atoms with van der Waals surface area (Å²) in [5, 5.41) is 9.80. The van der Waals surface area contributed by atoms with Crippen LogP contribution in [-0.4, -0.2) is 17.4 Å². The fraction of sp³-hybridized carbons (Fsp3) is 0.0909. The van der Waals surface area contributed by atoms with Crippen LogP contribution in [0.3, 0.4) is 0 Å². The first-order valence-electron chi connectivity index (χ1n) is 4.39. The number of carboxylic acids is 1. The van der Waals surface area contributed by atoms with Gasteiger partial charge < -0.3 is 9.90 Å². The monoisotopic (exact) mass is 220 g/mol. The van der Waals surface area contributed by atoms with E-state index >= 15 is 0 Å². The van der Waals surface area contributed by atoms with E-state index in [-0.39, 0.29) is 0 Å². The first-order valence-corrected chi connectivity index (χ1v) is 5.20. The summed E-state index contributed by atoms with van der Waals surface area (Å²) in [6, 6.07) is 9.34. The SMILES string of the molecule is O=CC(C(=O)O)c1cc2ccccc2s1. The van der Waals surface area contributed by atoms with Crippen LogP contribution in [0.4, 0.5) is 0 Å². The van der Waals surface area contributed by atoms with E-state index in [1.807, 2.05) is 24.3 Å². The molecular weight excluding hydrogens is 212 g/mol. The van der Waals surface area contributed by atoms with Gasteiger partial charge in [0.1, 0.15) is 12.2 Å². The van der Waals surface area contributed by atoms with Gasteiger partial charge in [-0.3, -0.25) is 4.79 Å². The Bertz CT molecular complexity index is 482. The lowest BCUT2D eigenvalue weighted by Crippen LogP contribution is -2.10. The minimum atomic E-state index is -1.10. The molecule has 3 nitrogen and oxygen atoms in total. The molecule has 0 saturated heterocycles. The van der Waals surface area contributed by atoms with E-state index in [1.54, 1.807) is 6.07 Å². The van der Waals surface area contributed by atoms with Gasteiger partial charge >= 0.3 is 5.97 Å². The molecule has 1 aromatic carbocycles. The van der Waals surface area contributed by atoms with Crippen LogP contribution in [0.15, 0.2) is 30.3 Å². The lowest BCUT2D eigenvalue weighted by Gasteiger charge is -1.98. The van der Waals surface area contributed by atoms with Gasteiger partial charge in [0.05, 0.1) is 0 Å². The quantitative estimate of drug-likeness (QED) is 0.637. The van der Waals surface area contributed by atoms with E-state index < -0.39 is 11.9 Å². The summed E-state index contributed by atoms with van der Waals surface area (Å²) in [4.78, 5) is 22.0. The molecule has 0 aliphatic heterocycles. The Labute approximate surface area is 90.0 Å². The van der Waals surface area contributed by atoms with E-state index in [0.717, 1.165) is 10.1 Å². The van der Waals surface area contributed by atoms with Crippen molar-refractivity contribution in [2.24, 2.45) is 0 Å². The Hall–Kier alpha value is -1.68. The van der Waals surface area contributed by atoms with Crippen LogP contribution in [0, 0.1) is 0 Å². The number of hydrogen-bond donors (Lipinski definition) is 1. The number of aliphatic carboxylic acids is 1. The minimum Gasteiger partial charge on any atom is -0.480 e. The van der Waals surface area contributed by atoms with Crippen LogP contribution in [0.5, 0.6) is 0 Å². The number of hydrogen-bond acceptors (Lipinski definition) is 3. The Balaban J connectivity index is 2.52. The Morgan fingerprint density at radius 1 is 1.40 bits per heavy atom. The van der Waals surface area contributed by atoms with Crippen LogP contribution < -0.4 is 0 Å². The summed E-state index contributed by atoms with van der Waals surface area (Å²) in [6.07, 6.45) is 0.465. The Morgan fingerprint density at radius 3 is 2.73 bits per heavy atom. The van der Waals surface area contributed by atoms with Gasteiger partial charge in [0, 0.05) is 9.58 Å². The highest BCUT2D eigenvalue weighted by Gasteiger charge is 2.20. The van der Waals surface area contributed by atoms with Gasteiger partial charge in [0.15, 0.2) is 0 Å². The molecule has 0 aliphatic carbocycles.